The Hall–Kier alpha value is -0.990. The molecule has 0 aliphatic carbocycles. The smallest absolute Gasteiger partial charge is 0.212 e. The third-order valence-electron chi connectivity index (χ3n) is 1.69. The van der Waals surface area contributed by atoms with Gasteiger partial charge in [0.25, 0.3) is 0 Å². The average Bonchev–Trinajstić information content (AvgIpc) is 2.55. The van der Waals surface area contributed by atoms with Gasteiger partial charge in [-0.2, -0.15) is 5.10 Å². The predicted molar refractivity (Wildman–Crippen MR) is 57.3 cm³/mol. The van der Waals surface area contributed by atoms with Crippen molar-refractivity contribution in [2.75, 3.05) is 6.26 Å². The minimum atomic E-state index is -3.16. The SMILES string of the molecule is Cc1cn2nc(CNS(C)(=O)=O)sc2n1. The first-order chi connectivity index (χ1) is 6.94. The maximum Gasteiger partial charge on any atom is 0.212 e. The van der Waals surface area contributed by atoms with E-state index in [1.165, 1.54) is 11.3 Å². The van der Waals surface area contributed by atoms with Crippen LogP contribution in [0.2, 0.25) is 0 Å². The van der Waals surface area contributed by atoms with Crippen LogP contribution in [0.4, 0.5) is 0 Å². The second kappa shape index (κ2) is 3.54. The van der Waals surface area contributed by atoms with Gasteiger partial charge >= 0.3 is 0 Å². The van der Waals surface area contributed by atoms with Gasteiger partial charge < -0.3 is 0 Å². The molecule has 0 radical (unpaired) electrons. The molecule has 0 aromatic carbocycles. The largest absolute Gasteiger partial charge is 0.223 e. The van der Waals surface area contributed by atoms with Crippen molar-refractivity contribution in [2.45, 2.75) is 13.5 Å². The number of imidazole rings is 1. The van der Waals surface area contributed by atoms with E-state index in [2.05, 4.69) is 14.8 Å². The van der Waals surface area contributed by atoms with Crippen molar-refractivity contribution in [3.8, 4) is 0 Å². The van der Waals surface area contributed by atoms with Gasteiger partial charge in [0, 0.05) is 0 Å². The van der Waals surface area contributed by atoms with Gasteiger partial charge in [-0.1, -0.05) is 11.3 Å². The van der Waals surface area contributed by atoms with E-state index in [-0.39, 0.29) is 6.54 Å². The summed E-state index contributed by atoms with van der Waals surface area (Å²) >= 11 is 1.37. The minimum Gasteiger partial charge on any atom is -0.223 e. The third kappa shape index (κ3) is 2.52. The molecule has 8 heteroatoms. The van der Waals surface area contributed by atoms with E-state index in [0.717, 1.165) is 16.9 Å². The zero-order valence-electron chi connectivity index (χ0n) is 8.26. The summed E-state index contributed by atoms with van der Waals surface area (Å²) in [7, 11) is -3.16. The van der Waals surface area contributed by atoms with E-state index >= 15 is 0 Å². The summed E-state index contributed by atoms with van der Waals surface area (Å²) in [5.74, 6) is 0. The molecule has 0 amide bonds. The van der Waals surface area contributed by atoms with Gasteiger partial charge in [-0.25, -0.2) is 22.6 Å². The molecule has 0 spiro atoms. The maximum absolute atomic E-state index is 10.9. The van der Waals surface area contributed by atoms with Gasteiger partial charge in [0.1, 0.15) is 5.01 Å². The first-order valence-corrected chi connectivity index (χ1v) is 6.91. The zero-order chi connectivity index (χ0) is 11.1. The molecule has 0 aliphatic heterocycles. The molecule has 2 rings (SSSR count). The lowest BCUT2D eigenvalue weighted by molar-refractivity contribution is 0.587. The van der Waals surface area contributed by atoms with E-state index in [1.54, 1.807) is 10.7 Å². The Morgan fingerprint density at radius 1 is 1.60 bits per heavy atom. The molecule has 2 aromatic rings. The molecule has 0 bridgehead atoms. The van der Waals surface area contributed by atoms with E-state index in [0.29, 0.717) is 5.01 Å². The van der Waals surface area contributed by atoms with Gasteiger partial charge in [0.15, 0.2) is 0 Å². The summed E-state index contributed by atoms with van der Waals surface area (Å²) in [6.45, 7) is 2.10. The van der Waals surface area contributed by atoms with E-state index in [1.807, 2.05) is 6.92 Å². The number of nitrogens with one attached hydrogen (secondary N) is 1. The molecule has 0 fully saturated rings. The van der Waals surface area contributed by atoms with Crippen LogP contribution in [0.5, 0.6) is 0 Å². The quantitative estimate of drug-likeness (QED) is 0.836. The second-order valence-corrected chi connectivity index (χ2v) is 6.07. The van der Waals surface area contributed by atoms with Gasteiger partial charge in [0.05, 0.1) is 24.7 Å². The lowest BCUT2D eigenvalue weighted by atomic mass is 10.6. The molecule has 0 unspecified atom stereocenters. The summed E-state index contributed by atoms with van der Waals surface area (Å²) in [5, 5.41) is 4.88. The first-order valence-electron chi connectivity index (χ1n) is 4.20. The number of fused-ring (bicyclic) bond motifs is 1. The number of aryl methyl sites for hydroxylation is 1. The highest BCUT2D eigenvalue weighted by Gasteiger charge is 2.08. The fraction of sp³-hybridized carbons (Fsp3) is 0.429. The molecular formula is C7H10N4O2S2. The number of sulfonamides is 1. The number of rotatable bonds is 3. The van der Waals surface area contributed by atoms with Crippen molar-refractivity contribution < 1.29 is 8.42 Å². The van der Waals surface area contributed by atoms with Crippen molar-refractivity contribution >= 4 is 26.3 Å². The van der Waals surface area contributed by atoms with Crippen LogP contribution < -0.4 is 4.72 Å². The summed E-state index contributed by atoms with van der Waals surface area (Å²) in [6, 6.07) is 0. The molecule has 15 heavy (non-hydrogen) atoms. The van der Waals surface area contributed by atoms with Gasteiger partial charge in [-0.3, -0.25) is 0 Å². The monoisotopic (exact) mass is 246 g/mol. The van der Waals surface area contributed by atoms with Crippen molar-refractivity contribution in [1.82, 2.24) is 19.3 Å². The number of hydrogen-bond donors (Lipinski definition) is 1. The minimum absolute atomic E-state index is 0.214. The molecule has 2 heterocycles. The fourth-order valence-electron chi connectivity index (χ4n) is 1.11. The first kappa shape index (κ1) is 10.5. The van der Waals surface area contributed by atoms with E-state index in [9.17, 15) is 8.42 Å². The molecular weight excluding hydrogens is 236 g/mol. The fourth-order valence-corrected chi connectivity index (χ4v) is 2.47. The van der Waals surface area contributed by atoms with Crippen LogP contribution >= 0.6 is 11.3 Å². The molecule has 0 saturated heterocycles. The molecule has 0 aliphatic rings. The van der Waals surface area contributed by atoms with Gasteiger partial charge in [0.2, 0.25) is 15.0 Å². The number of nitrogens with zero attached hydrogens (tertiary/aromatic N) is 3. The van der Waals surface area contributed by atoms with E-state index in [4.69, 9.17) is 0 Å². The molecule has 82 valence electrons. The summed E-state index contributed by atoms with van der Waals surface area (Å²) < 4.78 is 25.7. The molecule has 1 N–H and O–H groups in total. The molecule has 2 aromatic heterocycles. The highest BCUT2D eigenvalue weighted by Crippen LogP contribution is 2.13. The Morgan fingerprint density at radius 3 is 2.93 bits per heavy atom. The zero-order valence-corrected chi connectivity index (χ0v) is 9.89. The van der Waals surface area contributed by atoms with Crippen LogP contribution in [0.1, 0.15) is 10.7 Å². The Labute approximate surface area is 91.0 Å². The average molecular weight is 246 g/mol. The summed E-state index contributed by atoms with van der Waals surface area (Å²) in [6.07, 6.45) is 2.92. The standard InChI is InChI=1S/C7H10N4O2S2/c1-5-4-11-7(9-5)14-6(10-11)3-8-15(2,12)13/h4,8H,3H2,1-2H3. The van der Waals surface area contributed by atoms with Crippen molar-refractivity contribution in [2.24, 2.45) is 0 Å². The normalized spacial score (nSPS) is 12.4. The van der Waals surface area contributed by atoms with Crippen LogP contribution in [0, 0.1) is 6.92 Å². The predicted octanol–water partition coefficient (Wildman–Crippen LogP) is 0.148. The summed E-state index contributed by atoms with van der Waals surface area (Å²) in [5.41, 5.74) is 0.899. The Bertz CT molecular complexity index is 552. The summed E-state index contributed by atoms with van der Waals surface area (Å²) in [4.78, 5) is 5.00. The lowest BCUT2D eigenvalue weighted by Crippen LogP contribution is -2.21. The van der Waals surface area contributed by atoms with Gasteiger partial charge in [-0.05, 0) is 6.92 Å². The van der Waals surface area contributed by atoms with Crippen LogP contribution in [0.3, 0.4) is 0 Å². The third-order valence-corrected chi connectivity index (χ3v) is 3.28. The number of hydrogen-bond acceptors (Lipinski definition) is 5. The highest BCUT2D eigenvalue weighted by molar-refractivity contribution is 7.88. The van der Waals surface area contributed by atoms with Crippen LogP contribution in [-0.4, -0.2) is 29.3 Å². The molecule has 0 saturated carbocycles. The maximum atomic E-state index is 10.9. The van der Waals surface area contributed by atoms with Gasteiger partial charge in [-0.15, -0.1) is 0 Å². The Balaban J connectivity index is 2.19. The van der Waals surface area contributed by atoms with Crippen LogP contribution in [-0.2, 0) is 16.6 Å². The van der Waals surface area contributed by atoms with Crippen LogP contribution in [0.25, 0.3) is 4.96 Å². The lowest BCUT2D eigenvalue weighted by Gasteiger charge is -1.96. The molecule has 6 nitrogen and oxygen atoms in total. The Kier molecular flexibility index (Phi) is 2.49. The number of aromatic nitrogens is 3. The molecule has 0 atom stereocenters. The Morgan fingerprint density at radius 2 is 2.33 bits per heavy atom. The van der Waals surface area contributed by atoms with Crippen LogP contribution in [0.15, 0.2) is 6.20 Å². The van der Waals surface area contributed by atoms with Crippen molar-refractivity contribution in [1.29, 1.82) is 0 Å². The van der Waals surface area contributed by atoms with Crippen molar-refractivity contribution in [3.05, 3.63) is 16.9 Å². The van der Waals surface area contributed by atoms with Crippen molar-refractivity contribution in [3.63, 3.8) is 0 Å². The second-order valence-electron chi connectivity index (χ2n) is 3.20. The van der Waals surface area contributed by atoms with E-state index < -0.39 is 10.0 Å². The highest BCUT2D eigenvalue weighted by atomic mass is 32.2. The topological polar surface area (TPSA) is 76.4 Å².